The number of halogens is 1. The van der Waals surface area contributed by atoms with Crippen LogP contribution in [-0.2, 0) is 6.42 Å². The first kappa shape index (κ1) is 10.6. The second-order valence-electron chi connectivity index (χ2n) is 4.80. The van der Waals surface area contributed by atoms with E-state index < -0.39 is 0 Å². The third-order valence-electron chi connectivity index (χ3n) is 3.53. The lowest BCUT2D eigenvalue weighted by atomic mass is 10.1. The first-order valence-electron chi connectivity index (χ1n) is 6.32. The second-order valence-corrected chi connectivity index (χ2v) is 4.80. The van der Waals surface area contributed by atoms with Crippen molar-refractivity contribution in [1.29, 1.82) is 0 Å². The van der Waals surface area contributed by atoms with Gasteiger partial charge in [0.15, 0.2) is 0 Å². The van der Waals surface area contributed by atoms with Crippen molar-refractivity contribution in [3.8, 4) is 11.4 Å². The number of nitrogens with one attached hydrogen (secondary N) is 2. The van der Waals surface area contributed by atoms with Crippen LogP contribution in [0.3, 0.4) is 0 Å². The number of aromatic nitrogens is 2. The summed E-state index contributed by atoms with van der Waals surface area (Å²) in [6.45, 7) is 0.993. The Bertz CT molecular complexity index is 718. The Hall–Kier alpha value is -2.36. The van der Waals surface area contributed by atoms with E-state index >= 15 is 0 Å². The summed E-state index contributed by atoms with van der Waals surface area (Å²) in [5.74, 6) is 0.543. The average molecular weight is 253 g/mol. The molecular weight excluding hydrogens is 241 g/mol. The van der Waals surface area contributed by atoms with Gasteiger partial charge in [0.25, 0.3) is 0 Å². The highest BCUT2D eigenvalue weighted by molar-refractivity contribution is 5.85. The van der Waals surface area contributed by atoms with E-state index in [9.17, 15) is 4.39 Å². The number of fused-ring (bicyclic) bond motifs is 2. The summed E-state index contributed by atoms with van der Waals surface area (Å²) in [5.41, 5.74) is 5.35. The summed E-state index contributed by atoms with van der Waals surface area (Å²) in [5, 5.41) is 3.35. The van der Waals surface area contributed by atoms with Crippen LogP contribution >= 0.6 is 0 Å². The third-order valence-corrected chi connectivity index (χ3v) is 3.53. The molecule has 4 heteroatoms. The SMILES string of the molecule is Fc1ccc(-c2nc3cc4c(cc3[nH]2)CCN4)cc1. The average Bonchev–Trinajstić information content (AvgIpc) is 3.01. The lowest BCUT2D eigenvalue weighted by molar-refractivity contribution is 0.628. The van der Waals surface area contributed by atoms with Crippen LogP contribution in [0.1, 0.15) is 5.56 Å². The molecule has 4 rings (SSSR count). The van der Waals surface area contributed by atoms with Gasteiger partial charge in [0.2, 0.25) is 0 Å². The molecule has 0 atom stereocenters. The molecular formula is C15H12FN3. The number of aromatic amines is 1. The van der Waals surface area contributed by atoms with E-state index in [4.69, 9.17) is 0 Å². The molecule has 94 valence electrons. The van der Waals surface area contributed by atoms with Crippen molar-refractivity contribution in [3.05, 3.63) is 47.8 Å². The Labute approximate surface area is 109 Å². The number of hydrogen-bond donors (Lipinski definition) is 2. The highest BCUT2D eigenvalue weighted by Gasteiger charge is 2.13. The predicted molar refractivity (Wildman–Crippen MR) is 73.7 cm³/mol. The van der Waals surface area contributed by atoms with Gasteiger partial charge in [0.1, 0.15) is 11.6 Å². The van der Waals surface area contributed by atoms with Gasteiger partial charge in [0, 0.05) is 17.8 Å². The molecule has 0 unspecified atom stereocenters. The molecule has 1 aliphatic heterocycles. The second kappa shape index (κ2) is 3.82. The summed E-state index contributed by atoms with van der Waals surface area (Å²) >= 11 is 0. The van der Waals surface area contributed by atoms with Crippen LogP contribution in [0.4, 0.5) is 10.1 Å². The molecule has 0 radical (unpaired) electrons. The molecule has 19 heavy (non-hydrogen) atoms. The number of hydrogen-bond acceptors (Lipinski definition) is 2. The van der Waals surface area contributed by atoms with Crippen LogP contribution in [0, 0.1) is 5.82 Å². The molecule has 0 aliphatic carbocycles. The first-order valence-corrected chi connectivity index (χ1v) is 6.32. The van der Waals surface area contributed by atoms with Crippen molar-refractivity contribution >= 4 is 16.7 Å². The van der Waals surface area contributed by atoms with Crippen LogP contribution in [0.2, 0.25) is 0 Å². The quantitative estimate of drug-likeness (QED) is 0.698. The minimum Gasteiger partial charge on any atom is -0.384 e. The zero-order valence-electron chi connectivity index (χ0n) is 10.2. The lowest BCUT2D eigenvalue weighted by Gasteiger charge is -1.97. The van der Waals surface area contributed by atoms with E-state index in [1.54, 1.807) is 12.1 Å². The molecule has 1 aromatic heterocycles. The zero-order valence-corrected chi connectivity index (χ0v) is 10.2. The molecule has 0 saturated heterocycles. The van der Waals surface area contributed by atoms with Crippen molar-refractivity contribution in [3.63, 3.8) is 0 Å². The van der Waals surface area contributed by atoms with Gasteiger partial charge >= 0.3 is 0 Å². The molecule has 0 spiro atoms. The molecule has 2 heterocycles. The Kier molecular flexibility index (Phi) is 2.12. The number of imidazole rings is 1. The van der Waals surface area contributed by atoms with E-state index in [-0.39, 0.29) is 5.82 Å². The Morgan fingerprint density at radius 1 is 1.11 bits per heavy atom. The topological polar surface area (TPSA) is 40.7 Å². The smallest absolute Gasteiger partial charge is 0.138 e. The fraction of sp³-hybridized carbons (Fsp3) is 0.133. The predicted octanol–water partition coefficient (Wildman–Crippen LogP) is 3.34. The molecule has 1 aliphatic rings. The molecule has 0 amide bonds. The van der Waals surface area contributed by atoms with Gasteiger partial charge in [-0.1, -0.05) is 0 Å². The largest absolute Gasteiger partial charge is 0.384 e. The van der Waals surface area contributed by atoms with Crippen LogP contribution in [0.15, 0.2) is 36.4 Å². The molecule has 0 saturated carbocycles. The van der Waals surface area contributed by atoms with Crippen molar-refractivity contribution in [2.75, 3.05) is 11.9 Å². The van der Waals surface area contributed by atoms with E-state index in [0.717, 1.165) is 35.4 Å². The number of nitrogens with zero attached hydrogens (tertiary/aromatic N) is 1. The maximum Gasteiger partial charge on any atom is 0.138 e. The Morgan fingerprint density at radius 2 is 1.95 bits per heavy atom. The standard InChI is InChI=1S/C15H12FN3/c16-11-3-1-9(2-4-11)15-18-13-7-10-5-6-17-12(10)8-14(13)19-15/h1-4,7-8,17H,5-6H2,(H,18,19). The van der Waals surface area contributed by atoms with E-state index in [1.165, 1.54) is 23.4 Å². The molecule has 2 aromatic carbocycles. The normalized spacial score (nSPS) is 13.5. The van der Waals surface area contributed by atoms with Crippen LogP contribution < -0.4 is 5.32 Å². The van der Waals surface area contributed by atoms with Gasteiger partial charge in [-0.15, -0.1) is 0 Å². The highest BCUT2D eigenvalue weighted by Crippen LogP contribution is 2.29. The van der Waals surface area contributed by atoms with Crippen LogP contribution in [0.25, 0.3) is 22.4 Å². The molecule has 0 bridgehead atoms. The summed E-state index contributed by atoms with van der Waals surface area (Å²) in [4.78, 5) is 7.87. The van der Waals surface area contributed by atoms with Gasteiger partial charge in [0.05, 0.1) is 11.0 Å². The summed E-state index contributed by atoms with van der Waals surface area (Å²) < 4.78 is 12.9. The van der Waals surface area contributed by atoms with Crippen molar-refractivity contribution in [1.82, 2.24) is 9.97 Å². The molecule has 0 fully saturated rings. The lowest BCUT2D eigenvalue weighted by Crippen LogP contribution is -1.90. The Balaban J connectivity index is 1.86. The molecule has 2 N–H and O–H groups in total. The monoisotopic (exact) mass is 253 g/mol. The zero-order chi connectivity index (χ0) is 12.8. The highest BCUT2D eigenvalue weighted by atomic mass is 19.1. The van der Waals surface area contributed by atoms with Gasteiger partial charge in [-0.25, -0.2) is 9.37 Å². The van der Waals surface area contributed by atoms with Crippen molar-refractivity contribution in [2.24, 2.45) is 0 Å². The van der Waals surface area contributed by atoms with Gasteiger partial charge in [-0.2, -0.15) is 0 Å². The van der Waals surface area contributed by atoms with Crippen molar-refractivity contribution < 1.29 is 4.39 Å². The van der Waals surface area contributed by atoms with E-state index in [2.05, 4.69) is 27.4 Å². The minimum atomic E-state index is -0.233. The van der Waals surface area contributed by atoms with Crippen LogP contribution in [-0.4, -0.2) is 16.5 Å². The van der Waals surface area contributed by atoms with Gasteiger partial charge in [-0.3, -0.25) is 0 Å². The van der Waals surface area contributed by atoms with E-state index in [0.29, 0.717) is 0 Å². The summed E-state index contributed by atoms with van der Waals surface area (Å²) in [6.07, 6.45) is 1.05. The van der Waals surface area contributed by atoms with Gasteiger partial charge < -0.3 is 10.3 Å². The number of H-pyrrole nitrogens is 1. The maximum atomic E-state index is 12.9. The van der Waals surface area contributed by atoms with Gasteiger partial charge in [-0.05, 0) is 48.4 Å². The fourth-order valence-corrected chi connectivity index (χ4v) is 2.55. The maximum absolute atomic E-state index is 12.9. The third kappa shape index (κ3) is 1.68. The summed E-state index contributed by atoms with van der Waals surface area (Å²) in [7, 11) is 0. The van der Waals surface area contributed by atoms with Crippen molar-refractivity contribution in [2.45, 2.75) is 6.42 Å². The first-order chi connectivity index (χ1) is 9.29. The van der Waals surface area contributed by atoms with E-state index in [1.807, 2.05) is 0 Å². The number of anilines is 1. The fourth-order valence-electron chi connectivity index (χ4n) is 2.55. The molecule has 3 nitrogen and oxygen atoms in total. The number of benzene rings is 2. The Morgan fingerprint density at radius 3 is 2.79 bits per heavy atom. The van der Waals surface area contributed by atoms with Crippen LogP contribution in [0.5, 0.6) is 0 Å². The molecule has 3 aromatic rings. The minimum absolute atomic E-state index is 0.233. The number of rotatable bonds is 1. The summed E-state index contributed by atoms with van der Waals surface area (Å²) in [6, 6.07) is 10.6.